The summed E-state index contributed by atoms with van der Waals surface area (Å²) < 4.78 is 44.6. The monoisotopic (exact) mass is 512 g/mol. The van der Waals surface area contributed by atoms with Gasteiger partial charge < -0.3 is 4.90 Å². The zero-order valence-electron chi connectivity index (χ0n) is 17.2. The molecule has 0 amide bonds. The van der Waals surface area contributed by atoms with Crippen LogP contribution in [-0.2, 0) is 10.0 Å². The Morgan fingerprint density at radius 3 is 2.62 bits per heavy atom. The lowest BCUT2D eigenvalue weighted by molar-refractivity contribution is 0.339. The first kappa shape index (κ1) is 23.3. The maximum Gasteiger partial charge on any atom is 0.266 e. The normalized spacial score (nSPS) is 15.6. The molecule has 4 rings (SSSR count). The van der Waals surface area contributed by atoms with Crippen LogP contribution < -0.4 is 9.62 Å². The highest BCUT2D eigenvalue weighted by Gasteiger charge is 2.27. The number of halogens is 2. The van der Waals surface area contributed by atoms with Gasteiger partial charge in [-0.2, -0.15) is 0 Å². The smallest absolute Gasteiger partial charge is 0.266 e. The SMILES string of the molecule is CN(c1cc(F)c(S(=O)(=O)Nc2nccs2)cc1Cl)C1CCN(Sc2ccccc2)CC1. The summed E-state index contributed by atoms with van der Waals surface area (Å²) in [6.07, 6.45) is 3.24. The van der Waals surface area contributed by atoms with E-state index in [9.17, 15) is 12.8 Å². The molecule has 2 heterocycles. The lowest BCUT2D eigenvalue weighted by Crippen LogP contribution is -2.41. The van der Waals surface area contributed by atoms with Crippen molar-refractivity contribution in [3.05, 3.63) is 64.9 Å². The minimum absolute atomic E-state index is 0.168. The van der Waals surface area contributed by atoms with Gasteiger partial charge in [-0.1, -0.05) is 29.8 Å². The number of hydrogen-bond donors (Lipinski definition) is 1. The van der Waals surface area contributed by atoms with Gasteiger partial charge in [-0.05, 0) is 43.0 Å². The summed E-state index contributed by atoms with van der Waals surface area (Å²) in [6.45, 7) is 1.78. The summed E-state index contributed by atoms with van der Waals surface area (Å²) in [5.74, 6) is -0.850. The Labute approximate surface area is 200 Å². The molecule has 1 saturated heterocycles. The van der Waals surface area contributed by atoms with Crippen LogP contribution >= 0.6 is 34.9 Å². The molecule has 1 aliphatic rings. The lowest BCUT2D eigenvalue weighted by Gasteiger charge is -2.37. The molecule has 0 bridgehead atoms. The largest absolute Gasteiger partial charge is 0.370 e. The number of sulfonamides is 1. The molecule has 6 nitrogen and oxygen atoms in total. The number of piperidine rings is 1. The van der Waals surface area contributed by atoms with Crippen LogP contribution in [0.5, 0.6) is 0 Å². The lowest BCUT2D eigenvalue weighted by atomic mass is 10.0. The van der Waals surface area contributed by atoms with E-state index in [-0.39, 0.29) is 16.2 Å². The molecule has 1 fully saturated rings. The Balaban J connectivity index is 1.44. The molecule has 0 aliphatic carbocycles. The highest BCUT2D eigenvalue weighted by atomic mass is 35.5. The van der Waals surface area contributed by atoms with Crippen molar-refractivity contribution in [2.75, 3.05) is 29.8 Å². The van der Waals surface area contributed by atoms with Gasteiger partial charge in [-0.3, -0.25) is 4.72 Å². The Morgan fingerprint density at radius 2 is 1.97 bits per heavy atom. The molecule has 2 aromatic carbocycles. The Morgan fingerprint density at radius 1 is 1.25 bits per heavy atom. The molecule has 0 spiro atoms. The summed E-state index contributed by atoms with van der Waals surface area (Å²) in [5.41, 5.74) is 0.478. The topological polar surface area (TPSA) is 65.5 Å². The van der Waals surface area contributed by atoms with E-state index in [4.69, 9.17) is 11.6 Å². The number of nitrogens with one attached hydrogen (secondary N) is 1. The summed E-state index contributed by atoms with van der Waals surface area (Å²) in [4.78, 5) is 6.53. The molecule has 3 aromatic rings. The van der Waals surface area contributed by atoms with Crippen molar-refractivity contribution < 1.29 is 12.8 Å². The van der Waals surface area contributed by atoms with Crippen molar-refractivity contribution in [1.29, 1.82) is 0 Å². The number of aromatic nitrogens is 1. The fourth-order valence-corrected chi connectivity index (χ4v) is 6.79. The molecule has 1 aliphatic heterocycles. The van der Waals surface area contributed by atoms with E-state index in [0.29, 0.717) is 5.69 Å². The standard InChI is InChI=1S/C21H22ClFN4O2S3/c1-26(15-7-10-27(11-8-15)31-16-5-3-2-4-6-16)19-14-18(23)20(13-17(19)22)32(28,29)25-21-24-9-12-30-21/h2-6,9,12-15H,7-8,10-11H2,1H3,(H,24,25). The average Bonchev–Trinajstić information content (AvgIpc) is 3.28. The second kappa shape index (κ2) is 9.96. The van der Waals surface area contributed by atoms with E-state index >= 15 is 0 Å². The van der Waals surface area contributed by atoms with Crippen LogP contribution in [0.1, 0.15) is 12.8 Å². The maximum atomic E-state index is 14.9. The molecule has 1 aromatic heterocycles. The van der Waals surface area contributed by atoms with Gasteiger partial charge in [0.25, 0.3) is 10.0 Å². The van der Waals surface area contributed by atoms with Crippen LogP contribution in [0, 0.1) is 5.82 Å². The predicted octanol–water partition coefficient (Wildman–Crippen LogP) is 5.34. The van der Waals surface area contributed by atoms with Crippen molar-refractivity contribution in [2.24, 2.45) is 0 Å². The first-order valence-electron chi connectivity index (χ1n) is 9.95. The Bertz CT molecular complexity index is 1160. The average molecular weight is 513 g/mol. The van der Waals surface area contributed by atoms with Gasteiger partial charge in [-0.25, -0.2) is 22.1 Å². The fraction of sp³-hybridized carbons (Fsp3) is 0.286. The third-order valence-corrected chi connectivity index (χ3v) is 8.85. The van der Waals surface area contributed by atoms with Crippen LogP contribution in [0.15, 0.2) is 63.8 Å². The van der Waals surface area contributed by atoms with Gasteiger partial charge in [0.1, 0.15) is 10.7 Å². The number of rotatable bonds is 7. The second-order valence-electron chi connectivity index (χ2n) is 7.35. The quantitative estimate of drug-likeness (QED) is 0.431. The summed E-state index contributed by atoms with van der Waals surface area (Å²) in [5, 5.41) is 1.99. The van der Waals surface area contributed by atoms with Crippen LogP contribution in [0.2, 0.25) is 5.02 Å². The first-order chi connectivity index (χ1) is 15.3. The van der Waals surface area contributed by atoms with Crippen molar-refractivity contribution in [3.63, 3.8) is 0 Å². The van der Waals surface area contributed by atoms with Gasteiger partial charge in [0.2, 0.25) is 0 Å². The zero-order valence-corrected chi connectivity index (χ0v) is 20.4. The van der Waals surface area contributed by atoms with Crippen LogP contribution in [0.4, 0.5) is 15.2 Å². The number of hydrogen-bond acceptors (Lipinski definition) is 7. The third kappa shape index (κ3) is 5.37. The number of thiazole rings is 1. The Kier molecular flexibility index (Phi) is 7.26. The maximum absolute atomic E-state index is 14.9. The summed E-state index contributed by atoms with van der Waals surface area (Å²) in [7, 11) is -2.26. The predicted molar refractivity (Wildman–Crippen MR) is 130 cm³/mol. The number of benzene rings is 2. The number of anilines is 2. The van der Waals surface area contributed by atoms with Crippen molar-refractivity contribution in [2.45, 2.75) is 28.7 Å². The van der Waals surface area contributed by atoms with Crippen molar-refractivity contribution in [1.82, 2.24) is 9.29 Å². The minimum Gasteiger partial charge on any atom is -0.370 e. The third-order valence-electron chi connectivity index (χ3n) is 5.27. The molecule has 1 N–H and O–H groups in total. The molecule has 32 heavy (non-hydrogen) atoms. The second-order valence-corrected chi connectivity index (χ2v) is 11.5. The van der Waals surface area contributed by atoms with Crippen LogP contribution in [0.25, 0.3) is 0 Å². The fourth-order valence-electron chi connectivity index (χ4n) is 3.59. The van der Waals surface area contributed by atoms with E-state index in [1.807, 2.05) is 30.1 Å². The molecule has 0 saturated carbocycles. The molecular formula is C21H22ClFN4O2S3. The van der Waals surface area contributed by atoms with Gasteiger partial charge >= 0.3 is 0 Å². The Hall–Kier alpha value is -1.85. The first-order valence-corrected chi connectivity index (χ1v) is 13.5. The van der Waals surface area contributed by atoms with Gasteiger partial charge in [0.05, 0.1) is 10.7 Å². The van der Waals surface area contributed by atoms with Crippen molar-refractivity contribution >= 4 is 55.7 Å². The molecule has 170 valence electrons. The van der Waals surface area contributed by atoms with E-state index in [1.165, 1.54) is 23.2 Å². The minimum atomic E-state index is -4.13. The van der Waals surface area contributed by atoms with Crippen LogP contribution in [-0.4, -0.2) is 43.9 Å². The highest BCUT2D eigenvalue weighted by Crippen LogP contribution is 2.35. The summed E-state index contributed by atoms with van der Waals surface area (Å²) in [6, 6.07) is 12.8. The van der Waals surface area contributed by atoms with E-state index in [0.717, 1.165) is 37.3 Å². The molecule has 0 atom stereocenters. The van der Waals surface area contributed by atoms with Crippen LogP contribution in [0.3, 0.4) is 0 Å². The number of nitrogens with zero attached hydrogens (tertiary/aromatic N) is 3. The van der Waals surface area contributed by atoms with Gasteiger partial charge in [0, 0.05) is 48.7 Å². The van der Waals surface area contributed by atoms with Gasteiger partial charge in [-0.15, -0.1) is 11.3 Å². The highest BCUT2D eigenvalue weighted by molar-refractivity contribution is 7.97. The van der Waals surface area contributed by atoms with E-state index in [2.05, 4.69) is 26.1 Å². The zero-order chi connectivity index (χ0) is 22.7. The summed E-state index contributed by atoms with van der Waals surface area (Å²) >= 11 is 9.26. The van der Waals surface area contributed by atoms with Crippen molar-refractivity contribution in [3.8, 4) is 0 Å². The van der Waals surface area contributed by atoms with E-state index in [1.54, 1.807) is 17.3 Å². The molecule has 11 heteroatoms. The molecular weight excluding hydrogens is 491 g/mol. The molecule has 0 unspecified atom stereocenters. The van der Waals surface area contributed by atoms with E-state index < -0.39 is 20.7 Å². The van der Waals surface area contributed by atoms with Gasteiger partial charge in [0.15, 0.2) is 5.13 Å². The molecule has 0 radical (unpaired) electrons.